The minimum atomic E-state index is -0.214. The molecular weight excluding hydrogens is 318 g/mol. The Morgan fingerprint density at radius 2 is 2.10 bits per heavy atom. The van der Waals surface area contributed by atoms with Gasteiger partial charge in [0.25, 0.3) is 0 Å². The third kappa shape index (κ3) is 2.41. The number of hydrogen-bond acceptors (Lipinski definition) is 3. The summed E-state index contributed by atoms with van der Waals surface area (Å²) in [5.74, 6) is 1.78. The standard InChI is InChI=1S/C16H16BrNO2/c1-19-15-5-3-12(17)9-13(15)16(18)11-2-4-14-10(8-11)6-7-20-14/h2-5,8-9,16H,6-7,18H2,1H3. The highest BCUT2D eigenvalue weighted by molar-refractivity contribution is 9.10. The lowest BCUT2D eigenvalue weighted by atomic mass is 9.96. The van der Waals surface area contributed by atoms with E-state index in [1.54, 1.807) is 7.11 Å². The van der Waals surface area contributed by atoms with E-state index in [9.17, 15) is 0 Å². The average molecular weight is 334 g/mol. The molecule has 3 nitrogen and oxygen atoms in total. The van der Waals surface area contributed by atoms with Gasteiger partial charge >= 0.3 is 0 Å². The summed E-state index contributed by atoms with van der Waals surface area (Å²) < 4.78 is 11.9. The zero-order valence-corrected chi connectivity index (χ0v) is 12.8. The monoisotopic (exact) mass is 333 g/mol. The molecule has 0 amide bonds. The van der Waals surface area contributed by atoms with Crippen molar-refractivity contribution < 1.29 is 9.47 Å². The Balaban J connectivity index is 2.00. The van der Waals surface area contributed by atoms with Crippen LogP contribution in [0.2, 0.25) is 0 Å². The van der Waals surface area contributed by atoms with Crippen LogP contribution in [0.25, 0.3) is 0 Å². The van der Waals surface area contributed by atoms with E-state index in [4.69, 9.17) is 15.2 Å². The first kappa shape index (κ1) is 13.5. The van der Waals surface area contributed by atoms with E-state index in [1.807, 2.05) is 30.3 Å². The molecule has 3 rings (SSSR count). The minimum Gasteiger partial charge on any atom is -0.496 e. The van der Waals surface area contributed by atoms with Crippen LogP contribution in [0.15, 0.2) is 40.9 Å². The summed E-state index contributed by atoms with van der Waals surface area (Å²) in [4.78, 5) is 0. The molecule has 0 saturated carbocycles. The molecule has 0 radical (unpaired) electrons. The quantitative estimate of drug-likeness (QED) is 0.935. The van der Waals surface area contributed by atoms with Gasteiger partial charge in [0.2, 0.25) is 0 Å². The number of benzene rings is 2. The van der Waals surface area contributed by atoms with Gasteiger partial charge in [0.1, 0.15) is 11.5 Å². The molecule has 2 aromatic rings. The highest BCUT2D eigenvalue weighted by Crippen LogP contribution is 2.34. The van der Waals surface area contributed by atoms with Crippen molar-refractivity contribution in [3.63, 3.8) is 0 Å². The predicted octanol–water partition coefficient (Wildman–Crippen LogP) is 3.44. The molecule has 0 saturated heterocycles. The van der Waals surface area contributed by atoms with Crippen LogP contribution in [0.4, 0.5) is 0 Å². The number of ether oxygens (including phenoxy) is 2. The Kier molecular flexibility index (Phi) is 3.68. The van der Waals surface area contributed by atoms with Gasteiger partial charge in [0, 0.05) is 16.5 Å². The van der Waals surface area contributed by atoms with Gasteiger partial charge < -0.3 is 15.2 Å². The van der Waals surface area contributed by atoms with Gasteiger partial charge in [-0.3, -0.25) is 0 Å². The minimum absolute atomic E-state index is 0.214. The largest absolute Gasteiger partial charge is 0.496 e. The molecule has 1 heterocycles. The molecule has 0 bridgehead atoms. The maximum atomic E-state index is 6.41. The van der Waals surface area contributed by atoms with Gasteiger partial charge in [-0.1, -0.05) is 28.1 Å². The normalized spacial score (nSPS) is 14.6. The lowest BCUT2D eigenvalue weighted by Crippen LogP contribution is -2.13. The van der Waals surface area contributed by atoms with Crippen LogP contribution < -0.4 is 15.2 Å². The number of nitrogens with two attached hydrogens (primary N) is 1. The second kappa shape index (κ2) is 5.46. The van der Waals surface area contributed by atoms with E-state index >= 15 is 0 Å². The van der Waals surface area contributed by atoms with E-state index in [1.165, 1.54) is 5.56 Å². The lowest BCUT2D eigenvalue weighted by molar-refractivity contribution is 0.357. The van der Waals surface area contributed by atoms with Crippen molar-refractivity contribution in [2.45, 2.75) is 12.5 Å². The molecule has 1 unspecified atom stereocenters. The van der Waals surface area contributed by atoms with Gasteiger partial charge in [-0.2, -0.15) is 0 Å². The molecule has 2 aromatic carbocycles. The van der Waals surface area contributed by atoms with Gasteiger partial charge in [0.15, 0.2) is 0 Å². The fourth-order valence-electron chi connectivity index (χ4n) is 2.53. The highest BCUT2D eigenvalue weighted by Gasteiger charge is 2.18. The van der Waals surface area contributed by atoms with Crippen LogP contribution in [-0.2, 0) is 6.42 Å². The maximum absolute atomic E-state index is 6.41. The number of hydrogen-bond donors (Lipinski definition) is 1. The first-order chi connectivity index (χ1) is 9.69. The number of methoxy groups -OCH3 is 1. The van der Waals surface area contributed by atoms with Crippen LogP contribution in [-0.4, -0.2) is 13.7 Å². The Morgan fingerprint density at radius 3 is 2.90 bits per heavy atom. The maximum Gasteiger partial charge on any atom is 0.124 e. The summed E-state index contributed by atoms with van der Waals surface area (Å²) in [7, 11) is 1.66. The van der Waals surface area contributed by atoms with Crippen LogP contribution in [0.5, 0.6) is 11.5 Å². The Bertz CT molecular complexity index is 642. The van der Waals surface area contributed by atoms with Crippen molar-refractivity contribution in [2.75, 3.05) is 13.7 Å². The van der Waals surface area contributed by atoms with Crippen LogP contribution >= 0.6 is 15.9 Å². The first-order valence-corrected chi connectivity index (χ1v) is 7.33. The molecule has 1 atom stereocenters. The molecule has 20 heavy (non-hydrogen) atoms. The Hall–Kier alpha value is -1.52. The molecule has 0 fully saturated rings. The van der Waals surface area contributed by atoms with Gasteiger partial charge in [-0.05, 0) is 35.4 Å². The van der Waals surface area contributed by atoms with Crippen molar-refractivity contribution in [1.82, 2.24) is 0 Å². The van der Waals surface area contributed by atoms with Crippen molar-refractivity contribution in [3.05, 3.63) is 57.6 Å². The fraction of sp³-hybridized carbons (Fsp3) is 0.250. The molecule has 104 valence electrons. The molecule has 1 aliphatic heterocycles. The zero-order chi connectivity index (χ0) is 14.1. The van der Waals surface area contributed by atoms with E-state index in [-0.39, 0.29) is 6.04 Å². The van der Waals surface area contributed by atoms with Crippen LogP contribution in [0, 0.1) is 0 Å². The van der Waals surface area contributed by atoms with Gasteiger partial charge in [-0.15, -0.1) is 0 Å². The molecule has 1 aliphatic rings. The highest BCUT2D eigenvalue weighted by atomic mass is 79.9. The second-order valence-electron chi connectivity index (χ2n) is 4.83. The first-order valence-electron chi connectivity index (χ1n) is 6.53. The Morgan fingerprint density at radius 1 is 1.25 bits per heavy atom. The lowest BCUT2D eigenvalue weighted by Gasteiger charge is -2.17. The van der Waals surface area contributed by atoms with Crippen molar-refractivity contribution >= 4 is 15.9 Å². The van der Waals surface area contributed by atoms with Gasteiger partial charge in [-0.25, -0.2) is 0 Å². The van der Waals surface area contributed by atoms with E-state index in [2.05, 4.69) is 22.0 Å². The summed E-state index contributed by atoms with van der Waals surface area (Å²) in [6.45, 7) is 0.758. The third-order valence-electron chi connectivity index (χ3n) is 3.60. The Labute approximate surface area is 126 Å². The van der Waals surface area contributed by atoms with Gasteiger partial charge in [0.05, 0.1) is 19.8 Å². The van der Waals surface area contributed by atoms with Crippen LogP contribution in [0.3, 0.4) is 0 Å². The predicted molar refractivity (Wildman–Crippen MR) is 82.4 cm³/mol. The van der Waals surface area contributed by atoms with Crippen molar-refractivity contribution in [2.24, 2.45) is 5.73 Å². The topological polar surface area (TPSA) is 44.5 Å². The van der Waals surface area contributed by atoms with E-state index in [0.29, 0.717) is 0 Å². The number of rotatable bonds is 3. The second-order valence-corrected chi connectivity index (χ2v) is 5.75. The average Bonchev–Trinajstić information content (AvgIpc) is 2.93. The summed E-state index contributed by atoms with van der Waals surface area (Å²) in [6, 6.07) is 11.8. The summed E-state index contributed by atoms with van der Waals surface area (Å²) in [5, 5.41) is 0. The molecular formula is C16H16BrNO2. The molecule has 2 N–H and O–H groups in total. The van der Waals surface area contributed by atoms with E-state index < -0.39 is 0 Å². The van der Waals surface area contributed by atoms with E-state index in [0.717, 1.165) is 40.1 Å². The number of fused-ring (bicyclic) bond motifs is 1. The van der Waals surface area contributed by atoms with Crippen LogP contribution in [0.1, 0.15) is 22.7 Å². The molecule has 0 spiro atoms. The third-order valence-corrected chi connectivity index (χ3v) is 4.09. The zero-order valence-electron chi connectivity index (χ0n) is 11.2. The molecule has 0 aliphatic carbocycles. The number of halogens is 1. The molecule has 4 heteroatoms. The summed E-state index contributed by atoms with van der Waals surface area (Å²) in [5.41, 5.74) is 9.69. The van der Waals surface area contributed by atoms with Crippen molar-refractivity contribution in [1.29, 1.82) is 0 Å². The SMILES string of the molecule is COc1ccc(Br)cc1C(N)c1ccc2c(c1)CCO2. The smallest absolute Gasteiger partial charge is 0.124 e. The molecule has 0 aromatic heterocycles. The summed E-state index contributed by atoms with van der Waals surface area (Å²) >= 11 is 3.48. The summed E-state index contributed by atoms with van der Waals surface area (Å²) in [6.07, 6.45) is 0.950. The van der Waals surface area contributed by atoms with Crippen molar-refractivity contribution in [3.8, 4) is 11.5 Å². The fourth-order valence-corrected chi connectivity index (χ4v) is 2.91.